The number of nitrogens with two attached hydrogens (primary N) is 2. The van der Waals surface area contributed by atoms with Gasteiger partial charge in [-0.25, -0.2) is 4.79 Å². The summed E-state index contributed by atoms with van der Waals surface area (Å²) in [6.07, 6.45) is -4.05. The normalized spacial score (nSPS) is 20.4. The Morgan fingerprint density at radius 1 is 0.793 bits per heavy atom. The van der Waals surface area contributed by atoms with E-state index in [0.717, 1.165) is 16.3 Å². The number of amides is 5. The number of carboxylic acid groups (broad SMARTS) is 1. The number of carbonyl (C=O) groups excluding carboxylic acids is 5. The van der Waals surface area contributed by atoms with Crippen molar-refractivity contribution in [2.24, 2.45) is 16.5 Å². The Hall–Kier alpha value is -6.44. The van der Waals surface area contributed by atoms with E-state index >= 15 is 0 Å². The first-order valence-electron chi connectivity index (χ1n) is 18.3. The first-order chi connectivity index (χ1) is 27.5. The van der Waals surface area contributed by atoms with E-state index in [0.29, 0.717) is 25.1 Å². The summed E-state index contributed by atoms with van der Waals surface area (Å²) in [6, 6.07) is 16.3. The van der Waals surface area contributed by atoms with Crippen LogP contribution in [0.1, 0.15) is 36.8 Å². The second kappa shape index (κ2) is 20.1. The number of hydrogen-bond acceptors (Lipinski definition) is 9. The van der Waals surface area contributed by atoms with Crippen LogP contribution in [0, 0.1) is 0 Å². The van der Waals surface area contributed by atoms with E-state index < -0.39 is 71.9 Å². The molecule has 58 heavy (non-hydrogen) atoms. The Bertz CT molecular complexity index is 1990. The average molecular weight is 814 g/mol. The number of hydrogen-bond donors (Lipinski definition) is 10. The van der Waals surface area contributed by atoms with Crippen LogP contribution in [0.15, 0.2) is 71.7 Å². The van der Waals surface area contributed by atoms with Crippen molar-refractivity contribution in [1.29, 1.82) is 0 Å². The van der Waals surface area contributed by atoms with Gasteiger partial charge in [-0.3, -0.25) is 29.0 Å². The molecule has 17 nitrogen and oxygen atoms in total. The standard InChI is InChI=1S/C36H45N9O6.C2HF3O2/c37-35(38)40-15-3-6-27-32(49)43-28(20-23-7-10-24-4-1-2-5-25(24)18-23)31(48)41-21-30(47)42-29(19-22-8-11-26(46)12-9-22)33(50)45-36(34(51)44-27)13-16-39-17-14-36;3-2(4,5)1(6)7/h1-2,4-5,7-12,18,27-29,39,46H,3,6,13-17,19-21H2,(H,41,48)(H,42,47)(H,43,49)(H,44,51)(H,45,50)(H4,37,38,40);(H,6,7)/t27-,28-,29+;/m0./s1. The molecule has 3 aromatic rings. The number of nitrogens with one attached hydrogen (secondary N) is 6. The molecule has 1 spiro atoms. The average Bonchev–Trinajstić information content (AvgIpc) is 3.18. The second-order valence-electron chi connectivity index (χ2n) is 13.8. The lowest BCUT2D eigenvalue weighted by Gasteiger charge is -2.39. The highest BCUT2D eigenvalue weighted by Gasteiger charge is 2.44. The molecule has 20 heteroatoms. The third-order valence-corrected chi connectivity index (χ3v) is 9.40. The number of phenolic OH excluding ortho intramolecular Hbond substituents is 1. The van der Waals surface area contributed by atoms with Gasteiger partial charge in [0.05, 0.1) is 6.54 Å². The van der Waals surface area contributed by atoms with Crippen LogP contribution in [-0.2, 0) is 41.6 Å². The maximum absolute atomic E-state index is 14.2. The van der Waals surface area contributed by atoms with Crippen molar-refractivity contribution in [3.63, 3.8) is 0 Å². The minimum atomic E-state index is -5.08. The summed E-state index contributed by atoms with van der Waals surface area (Å²) < 4.78 is 31.7. The van der Waals surface area contributed by atoms with Crippen LogP contribution < -0.4 is 43.4 Å². The molecule has 2 aliphatic rings. The zero-order valence-electron chi connectivity index (χ0n) is 31.2. The van der Waals surface area contributed by atoms with Crippen LogP contribution in [0.3, 0.4) is 0 Å². The number of aliphatic carboxylic acids is 1. The zero-order valence-corrected chi connectivity index (χ0v) is 31.2. The number of carbonyl (C=O) groups is 6. The van der Waals surface area contributed by atoms with Crippen LogP contribution >= 0.6 is 0 Å². The SMILES string of the molecule is NC(N)=NCCC[C@@H]1NC(=O)C2(CCNCC2)NC(=O)[C@@H](Cc2ccc(O)cc2)NC(=O)CNC(=O)[C@H](Cc2ccc3ccccc3c2)NC1=O.O=C(O)C(F)(F)F. The van der Waals surface area contributed by atoms with E-state index in [9.17, 15) is 42.3 Å². The fourth-order valence-electron chi connectivity index (χ4n) is 6.35. The van der Waals surface area contributed by atoms with Crippen molar-refractivity contribution in [2.75, 3.05) is 26.2 Å². The van der Waals surface area contributed by atoms with Crippen LogP contribution in [-0.4, -0.2) is 108 Å². The Balaban J connectivity index is 0.000000973. The molecule has 2 heterocycles. The van der Waals surface area contributed by atoms with E-state index in [1.165, 1.54) is 12.1 Å². The Labute approximate surface area is 330 Å². The van der Waals surface area contributed by atoms with Crippen molar-refractivity contribution in [3.05, 3.63) is 77.9 Å². The number of guanidine groups is 1. The number of piperidine rings is 1. The predicted octanol–water partition coefficient (Wildman–Crippen LogP) is -0.160. The number of alkyl halides is 3. The summed E-state index contributed by atoms with van der Waals surface area (Å²) in [4.78, 5) is 82.0. The molecule has 3 aromatic carbocycles. The monoisotopic (exact) mass is 813 g/mol. The van der Waals surface area contributed by atoms with Crippen molar-refractivity contribution in [3.8, 4) is 5.75 Å². The molecule has 0 radical (unpaired) electrons. The highest BCUT2D eigenvalue weighted by Crippen LogP contribution is 2.22. The van der Waals surface area contributed by atoms with Gasteiger partial charge < -0.3 is 53.6 Å². The Kier molecular flexibility index (Phi) is 15.4. The summed E-state index contributed by atoms with van der Waals surface area (Å²) in [5.74, 6) is -5.90. The van der Waals surface area contributed by atoms with Crippen LogP contribution in [0.5, 0.6) is 5.75 Å². The summed E-state index contributed by atoms with van der Waals surface area (Å²) in [6.45, 7) is 0.546. The molecule has 2 saturated heterocycles. The van der Waals surface area contributed by atoms with E-state index in [1.807, 2.05) is 42.5 Å². The third kappa shape index (κ3) is 13.1. The van der Waals surface area contributed by atoms with Crippen LogP contribution in [0.25, 0.3) is 10.8 Å². The van der Waals surface area contributed by atoms with Gasteiger partial charge in [0.1, 0.15) is 29.4 Å². The highest BCUT2D eigenvalue weighted by atomic mass is 19.4. The third-order valence-electron chi connectivity index (χ3n) is 9.40. The number of aliphatic imine (C=N–C) groups is 1. The lowest BCUT2D eigenvalue weighted by atomic mass is 9.86. The molecule has 0 bridgehead atoms. The molecule has 312 valence electrons. The molecule has 0 saturated carbocycles. The van der Waals surface area contributed by atoms with E-state index in [2.05, 4.69) is 36.9 Å². The number of carboxylic acids is 1. The van der Waals surface area contributed by atoms with Crippen molar-refractivity contribution in [2.45, 2.75) is 68.4 Å². The van der Waals surface area contributed by atoms with Gasteiger partial charge in [-0.2, -0.15) is 13.2 Å². The largest absolute Gasteiger partial charge is 0.508 e. The highest BCUT2D eigenvalue weighted by molar-refractivity contribution is 5.99. The molecule has 0 aliphatic carbocycles. The number of nitrogens with zero attached hydrogens (tertiary/aromatic N) is 1. The number of benzene rings is 3. The molecular weight excluding hydrogens is 767 g/mol. The van der Waals surface area contributed by atoms with Crippen molar-refractivity contribution in [1.82, 2.24) is 31.9 Å². The topological polar surface area (TPSA) is 279 Å². The fourth-order valence-corrected chi connectivity index (χ4v) is 6.35. The molecule has 2 aliphatic heterocycles. The molecule has 0 aromatic heterocycles. The van der Waals surface area contributed by atoms with Gasteiger partial charge in [0.2, 0.25) is 29.5 Å². The fraction of sp³-hybridized carbons (Fsp3) is 0.395. The minimum Gasteiger partial charge on any atom is -0.508 e. The van der Waals surface area contributed by atoms with Gasteiger partial charge in [0.25, 0.3) is 0 Å². The van der Waals surface area contributed by atoms with Crippen molar-refractivity contribution < 1.29 is 52.2 Å². The first-order valence-corrected chi connectivity index (χ1v) is 18.3. The van der Waals surface area contributed by atoms with Crippen molar-refractivity contribution >= 4 is 52.2 Å². The Morgan fingerprint density at radius 2 is 1.40 bits per heavy atom. The number of halogens is 3. The maximum Gasteiger partial charge on any atom is 0.490 e. The molecule has 5 rings (SSSR count). The lowest BCUT2D eigenvalue weighted by molar-refractivity contribution is -0.192. The van der Waals surface area contributed by atoms with Crippen LogP contribution in [0.2, 0.25) is 0 Å². The molecule has 5 amide bonds. The first kappa shape index (κ1) is 44.3. The van der Waals surface area contributed by atoms with Crippen LogP contribution in [0.4, 0.5) is 13.2 Å². The van der Waals surface area contributed by atoms with Gasteiger partial charge in [-0.05, 0) is 72.8 Å². The summed E-state index contributed by atoms with van der Waals surface area (Å²) in [5, 5.41) is 35.9. The van der Waals surface area contributed by atoms with Gasteiger partial charge in [0, 0.05) is 19.4 Å². The minimum absolute atomic E-state index is 0.0385. The summed E-state index contributed by atoms with van der Waals surface area (Å²) >= 11 is 0. The maximum atomic E-state index is 14.2. The number of fused-ring (bicyclic) bond motifs is 1. The molecule has 0 unspecified atom stereocenters. The molecule has 3 atom stereocenters. The zero-order chi connectivity index (χ0) is 42.5. The predicted molar refractivity (Wildman–Crippen MR) is 205 cm³/mol. The smallest absolute Gasteiger partial charge is 0.490 e. The lowest BCUT2D eigenvalue weighted by Crippen LogP contribution is -2.67. The van der Waals surface area contributed by atoms with Gasteiger partial charge in [-0.15, -0.1) is 0 Å². The quantitative estimate of drug-likeness (QED) is 0.0811. The second-order valence-corrected chi connectivity index (χ2v) is 13.8. The van der Waals surface area contributed by atoms with E-state index in [1.54, 1.807) is 12.1 Å². The van der Waals surface area contributed by atoms with E-state index in [-0.39, 0.29) is 50.4 Å². The summed E-state index contributed by atoms with van der Waals surface area (Å²) in [5.41, 5.74) is 11.0. The number of rotatable bonds is 8. The number of phenols is 1. The molecule has 2 fully saturated rings. The van der Waals surface area contributed by atoms with Gasteiger partial charge in [-0.1, -0.05) is 54.6 Å². The summed E-state index contributed by atoms with van der Waals surface area (Å²) in [7, 11) is 0. The Morgan fingerprint density at radius 3 is 2.03 bits per heavy atom. The van der Waals surface area contributed by atoms with Gasteiger partial charge >= 0.3 is 12.1 Å². The van der Waals surface area contributed by atoms with Gasteiger partial charge in [0.15, 0.2) is 5.96 Å². The van der Waals surface area contributed by atoms with E-state index in [4.69, 9.17) is 21.4 Å². The molecular formula is C38H46F3N9O8. The number of aromatic hydroxyl groups is 1. The molecule has 12 N–H and O–H groups in total.